The Morgan fingerprint density at radius 1 is 1.43 bits per heavy atom. The lowest BCUT2D eigenvalue weighted by Crippen LogP contribution is -2.27. The second-order valence-corrected chi connectivity index (χ2v) is 5.67. The monoisotopic (exact) mass is 315 g/mol. The van der Waals surface area contributed by atoms with E-state index in [0.717, 1.165) is 12.1 Å². The average Bonchev–Trinajstić information content (AvgIpc) is 2.91. The van der Waals surface area contributed by atoms with Gasteiger partial charge in [0.1, 0.15) is 10.7 Å². The minimum Gasteiger partial charge on any atom is -0.478 e. The minimum absolute atomic E-state index is 0.0648. The van der Waals surface area contributed by atoms with Crippen molar-refractivity contribution in [2.24, 2.45) is 0 Å². The van der Waals surface area contributed by atoms with Crippen molar-refractivity contribution in [1.82, 2.24) is 14.9 Å². The third-order valence-electron chi connectivity index (χ3n) is 2.51. The molecule has 112 valence electrons. The van der Waals surface area contributed by atoms with Gasteiger partial charge in [-0.2, -0.15) is 4.98 Å². The summed E-state index contributed by atoms with van der Waals surface area (Å²) < 4.78 is 44.3. The van der Waals surface area contributed by atoms with Crippen molar-refractivity contribution in [1.29, 1.82) is 0 Å². The first kappa shape index (κ1) is 15.1. The van der Waals surface area contributed by atoms with E-state index < -0.39 is 26.7 Å². The predicted octanol–water partition coefficient (Wildman–Crippen LogP) is 0.428. The van der Waals surface area contributed by atoms with Gasteiger partial charge in [-0.1, -0.05) is 5.16 Å². The highest BCUT2D eigenvalue weighted by Crippen LogP contribution is 2.16. The van der Waals surface area contributed by atoms with Crippen molar-refractivity contribution in [3.63, 3.8) is 0 Å². The third-order valence-corrected chi connectivity index (χ3v) is 4.00. The quantitative estimate of drug-likeness (QED) is 0.792. The lowest BCUT2D eigenvalue weighted by atomic mass is 10.2. The van der Waals surface area contributed by atoms with Crippen LogP contribution < -0.4 is 4.72 Å². The number of hydrogen-bond donors (Lipinski definition) is 2. The molecule has 2 N–H and O–H groups in total. The Bertz CT molecular complexity index is 745. The highest BCUT2D eigenvalue weighted by atomic mass is 32.2. The third kappa shape index (κ3) is 3.61. The zero-order valence-electron chi connectivity index (χ0n) is 10.5. The molecule has 0 aliphatic rings. The number of carboxylic acids is 1. The van der Waals surface area contributed by atoms with E-state index in [9.17, 15) is 17.6 Å². The summed E-state index contributed by atoms with van der Waals surface area (Å²) in [7, 11) is -4.09. The number of aromatic carboxylic acids is 1. The van der Waals surface area contributed by atoms with Gasteiger partial charge in [-0.3, -0.25) is 0 Å². The van der Waals surface area contributed by atoms with Crippen molar-refractivity contribution in [3.8, 4) is 0 Å². The van der Waals surface area contributed by atoms with Crippen LogP contribution in [0.3, 0.4) is 0 Å². The molecule has 8 nitrogen and oxygen atoms in total. The van der Waals surface area contributed by atoms with E-state index in [1.807, 2.05) is 0 Å². The summed E-state index contributed by atoms with van der Waals surface area (Å²) in [6, 6.07) is 2.56. The lowest BCUT2D eigenvalue weighted by molar-refractivity contribution is 0.0696. The SMILES string of the molecule is O=C(O)c1ccc(S(=O)(=O)NCCc2ncno2)c(F)c1. The molecule has 0 aliphatic carbocycles. The van der Waals surface area contributed by atoms with Crippen molar-refractivity contribution >= 4 is 16.0 Å². The number of hydrogen-bond acceptors (Lipinski definition) is 6. The van der Waals surface area contributed by atoms with Crippen LogP contribution in [0.2, 0.25) is 0 Å². The number of benzene rings is 1. The van der Waals surface area contributed by atoms with Crippen LogP contribution in [0.25, 0.3) is 0 Å². The Morgan fingerprint density at radius 3 is 2.76 bits per heavy atom. The second kappa shape index (κ2) is 5.97. The summed E-state index contributed by atoms with van der Waals surface area (Å²) in [5.74, 6) is -2.25. The normalized spacial score (nSPS) is 11.5. The van der Waals surface area contributed by atoms with Gasteiger partial charge in [-0.05, 0) is 18.2 Å². The molecule has 2 aromatic rings. The molecule has 0 unspecified atom stereocenters. The topological polar surface area (TPSA) is 122 Å². The number of carboxylic acid groups (broad SMARTS) is 1. The van der Waals surface area contributed by atoms with Crippen LogP contribution in [0.5, 0.6) is 0 Å². The van der Waals surface area contributed by atoms with E-state index in [1.54, 1.807) is 0 Å². The first-order valence-corrected chi connectivity index (χ1v) is 7.16. The fraction of sp³-hybridized carbons (Fsp3) is 0.182. The van der Waals surface area contributed by atoms with Gasteiger partial charge in [0.25, 0.3) is 0 Å². The maximum Gasteiger partial charge on any atom is 0.335 e. The zero-order valence-corrected chi connectivity index (χ0v) is 11.3. The van der Waals surface area contributed by atoms with Gasteiger partial charge in [0.05, 0.1) is 5.56 Å². The van der Waals surface area contributed by atoms with E-state index >= 15 is 0 Å². The number of rotatable bonds is 6. The highest BCUT2D eigenvalue weighted by Gasteiger charge is 2.20. The summed E-state index contributed by atoms with van der Waals surface area (Å²) >= 11 is 0. The summed E-state index contributed by atoms with van der Waals surface area (Å²) in [5, 5.41) is 12.1. The summed E-state index contributed by atoms with van der Waals surface area (Å²) in [6.07, 6.45) is 1.32. The van der Waals surface area contributed by atoms with Crippen molar-refractivity contribution in [2.45, 2.75) is 11.3 Å². The Morgan fingerprint density at radius 2 is 2.19 bits per heavy atom. The molecule has 0 amide bonds. The second-order valence-electron chi connectivity index (χ2n) is 3.93. The van der Waals surface area contributed by atoms with E-state index in [0.29, 0.717) is 6.07 Å². The Labute approximate surface area is 118 Å². The average molecular weight is 315 g/mol. The standard InChI is InChI=1S/C11H10FN3O5S/c12-8-5-7(11(16)17)1-2-9(8)21(18,19)15-4-3-10-13-6-14-20-10/h1-2,5-6,15H,3-4H2,(H,16,17). The number of nitrogens with zero attached hydrogens (tertiary/aromatic N) is 2. The lowest BCUT2D eigenvalue weighted by Gasteiger charge is -2.07. The van der Waals surface area contributed by atoms with Crippen LogP contribution in [0.15, 0.2) is 33.9 Å². The fourth-order valence-electron chi connectivity index (χ4n) is 1.53. The van der Waals surface area contributed by atoms with Crippen LogP contribution in [0, 0.1) is 5.82 Å². The summed E-state index contributed by atoms with van der Waals surface area (Å²) in [4.78, 5) is 13.7. The van der Waals surface area contributed by atoms with Gasteiger partial charge >= 0.3 is 5.97 Å². The molecule has 0 atom stereocenters. The molecule has 10 heteroatoms. The van der Waals surface area contributed by atoms with Crippen LogP contribution in [0.4, 0.5) is 4.39 Å². The van der Waals surface area contributed by atoms with E-state index in [-0.39, 0.29) is 24.4 Å². The molecule has 0 fully saturated rings. The van der Waals surface area contributed by atoms with Gasteiger partial charge in [0, 0.05) is 13.0 Å². The summed E-state index contributed by atoms with van der Waals surface area (Å²) in [6.45, 7) is -0.0648. The van der Waals surface area contributed by atoms with Crippen molar-refractivity contribution < 1.29 is 27.2 Å². The van der Waals surface area contributed by atoms with Crippen LogP contribution in [-0.2, 0) is 16.4 Å². The molecule has 1 aromatic heterocycles. The fourth-order valence-corrected chi connectivity index (χ4v) is 2.62. The smallest absolute Gasteiger partial charge is 0.335 e. The predicted molar refractivity (Wildman–Crippen MR) is 66.5 cm³/mol. The maximum absolute atomic E-state index is 13.7. The van der Waals surface area contributed by atoms with Gasteiger partial charge in [0.15, 0.2) is 6.33 Å². The first-order chi connectivity index (χ1) is 9.90. The van der Waals surface area contributed by atoms with Crippen LogP contribution in [-0.4, -0.2) is 36.2 Å². The first-order valence-electron chi connectivity index (χ1n) is 5.68. The minimum atomic E-state index is -4.09. The van der Waals surface area contributed by atoms with Crippen molar-refractivity contribution in [3.05, 3.63) is 41.8 Å². The van der Waals surface area contributed by atoms with Gasteiger partial charge in [0.2, 0.25) is 15.9 Å². The Balaban J connectivity index is 2.10. The molecule has 0 saturated heterocycles. The molecule has 0 aliphatic heterocycles. The Hall–Kier alpha value is -2.33. The maximum atomic E-state index is 13.7. The molecular weight excluding hydrogens is 305 g/mol. The largest absolute Gasteiger partial charge is 0.478 e. The number of nitrogens with one attached hydrogen (secondary N) is 1. The molecule has 2 rings (SSSR count). The molecule has 1 aromatic carbocycles. The van der Waals surface area contributed by atoms with E-state index in [1.165, 1.54) is 6.33 Å². The number of halogens is 1. The number of carbonyl (C=O) groups is 1. The number of sulfonamides is 1. The van der Waals surface area contributed by atoms with Crippen molar-refractivity contribution in [2.75, 3.05) is 6.54 Å². The molecule has 0 saturated carbocycles. The van der Waals surface area contributed by atoms with E-state index in [4.69, 9.17) is 5.11 Å². The van der Waals surface area contributed by atoms with Crippen LogP contribution >= 0.6 is 0 Å². The van der Waals surface area contributed by atoms with E-state index in [2.05, 4.69) is 19.4 Å². The molecule has 1 heterocycles. The number of aromatic nitrogens is 2. The summed E-state index contributed by atoms with van der Waals surface area (Å²) in [5.41, 5.74) is -0.336. The Kier molecular flexibility index (Phi) is 4.29. The molecule has 0 radical (unpaired) electrons. The zero-order chi connectivity index (χ0) is 15.5. The van der Waals surface area contributed by atoms with Crippen LogP contribution in [0.1, 0.15) is 16.2 Å². The molecule has 21 heavy (non-hydrogen) atoms. The van der Waals surface area contributed by atoms with Gasteiger partial charge in [-0.25, -0.2) is 22.3 Å². The molecule has 0 spiro atoms. The molecule has 0 bridgehead atoms. The van der Waals surface area contributed by atoms with Gasteiger partial charge < -0.3 is 9.63 Å². The molecular formula is C11H10FN3O5S. The highest BCUT2D eigenvalue weighted by molar-refractivity contribution is 7.89. The van der Waals surface area contributed by atoms with Gasteiger partial charge in [-0.15, -0.1) is 0 Å².